The Kier molecular flexibility index (Phi) is 6.33. The first-order chi connectivity index (χ1) is 15.6. The number of nitrogens with one attached hydrogen (secondary N) is 1. The fourth-order valence-electron chi connectivity index (χ4n) is 4.22. The zero-order valence-corrected chi connectivity index (χ0v) is 20.9. The first-order valence-corrected chi connectivity index (χ1v) is 13.9. The van der Waals surface area contributed by atoms with Crippen molar-refractivity contribution in [3.05, 3.63) is 53.7 Å². The van der Waals surface area contributed by atoms with Crippen LogP contribution in [0.25, 0.3) is 33.3 Å². The molecule has 166 valence electrons. The second kappa shape index (κ2) is 9.20. The summed E-state index contributed by atoms with van der Waals surface area (Å²) < 4.78 is 23.4. The number of benzene rings is 1. The Morgan fingerprint density at radius 1 is 1.25 bits per heavy atom. The summed E-state index contributed by atoms with van der Waals surface area (Å²) in [5.41, 5.74) is 3.93. The number of aromatic nitrogens is 4. The summed E-state index contributed by atoms with van der Waals surface area (Å²) in [7, 11) is 3.06. The lowest BCUT2D eigenvalue weighted by atomic mass is 10.0. The van der Waals surface area contributed by atoms with E-state index in [-0.39, 0.29) is 5.82 Å². The minimum absolute atomic E-state index is 0.310. The van der Waals surface area contributed by atoms with E-state index in [4.69, 9.17) is 26.4 Å². The van der Waals surface area contributed by atoms with Gasteiger partial charge in [0.05, 0.1) is 18.7 Å². The second-order valence-corrected chi connectivity index (χ2v) is 9.69. The lowest BCUT2D eigenvalue weighted by Crippen LogP contribution is -2.29. The molecular formula is C22H20ClFIN5OS. The second-order valence-electron chi connectivity index (χ2n) is 7.65. The fourth-order valence-corrected chi connectivity index (χ4v) is 6.48. The lowest BCUT2D eigenvalue weighted by molar-refractivity contribution is 0.327. The quantitative estimate of drug-likeness (QED) is 0.286. The van der Waals surface area contributed by atoms with E-state index < -0.39 is 0 Å². The monoisotopic (exact) mass is 583 g/mol. The molecule has 1 aliphatic rings. The Labute approximate surface area is 206 Å². The Bertz CT molecular complexity index is 1290. The van der Waals surface area contributed by atoms with Gasteiger partial charge in [-0.05, 0) is 49.7 Å². The molecule has 4 aromatic rings. The molecule has 0 amide bonds. The molecule has 6 nitrogen and oxygen atoms in total. The number of rotatable bonds is 5. The first-order valence-electron chi connectivity index (χ1n) is 10.2. The molecule has 1 fully saturated rings. The van der Waals surface area contributed by atoms with Gasteiger partial charge in [-0.3, -0.25) is 4.68 Å². The Balaban J connectivity index is 1.67. The summed E-state index contributed by atoms with van der Waals surface area (Å²) in [5, 5.41) is 9.43. The van der Waals surface area contributed by atoms with Crippen LogP contribution in [0.3, 0.4) is 0 Å². The van der Waals surface area contributed by atoms with Crippen molar-refractivity contribution in [2.45, 2.75) is 18.9 Å². The number of halogens is 3. The molecule has 32 heavy (non-hydrogen) atoms. The number of piperidine rings is 1. The van der Waals surface area contributed by atoms with Gasteiger partial charge in [0.2, 0.25) is 5.88 Å². The van der Waals surface area contributed by atoms with Crippen molar-refractivity contribution in [1.29, 1.82) is 0 Å². The Morgan fingerprint density at radius 2 is 2.06 bits per heavy atom. The van der Waals surface area contributed by atoms with Gasteiger partial charge in [0.25, 0.3) is 0 Å². The van der Waals surface area contributed by atoms with Crippen LogP contribution in [0.5, 0.6) is 5.88 Å². The molecule has 0 bridgehead atoms. The lowest BCUT2D eigenvalue weighted by Gasteiger charge is -2.22. The summed E-state index contributed by atoms with van der Waals surface area (Å²) in [6, 6.07) is 8.83. The predicted molar refractivity (Wildman–Crippen MR) is 136 cm³/mol. The van der Waals surface area contributed by atoms with Crippen molar-refractivity contribution in [3.8, 4) is 28.1 Å². The van der Waals surface area contributed by atoms with Gasteiger partial charge in [-0.2, -0.15) is 0 Å². The van der Waals surface area contributed by atoms with Crippen LogP contribution in [0.2, 0.25) is 5.15 Å². The maximum atomic E-state index is 14.0. The van der Waals surface area contributed by atoms with Gasteiger partial charge in [-0.25, -0.2) is 13.3 Å². The van der Waals surface area contributed by atoms with E-state index in [2.05, 4.69) is 26.5 Å². The van der Waals surface area contributed by atoms with Crippen LogP contribution in [0.15, 0.2) is 42.7 Å². The Hall–Kier alpha value is -1.82. The number of hydrogen-bond donors (Lipinski definition) is 1. The van der Waals surface area contributed by atoms with Crippen molar-refractivity contribution in [3.63, 3.8) is 0 Å². The fraction of sp³-hybridized carbons (Fsp3) is 0.273. The summed E-state index contributed by atoms with van der Waals surface area (Å²) in [6.07, 6.45) is 5.89. The van der Waals surface area contributed by atoms with Crippen LogP contribution in [-0.2, 0) is 0 Å². The minimum Gasteiger partial charge on any atom is -0.479 e. The van der Waals surface area contributed by atoms with Crippen LogP contribution in [0, 0.1) is 5.82 Å². The zero-order valence-electron chi connectivity index (χ0n) is 17.2. The van der Waals surface area contributed by atoms with Crippen molar-refractivity contribution in [1.82, 2.24) is 24.1 Å². The average Bonchev–Trinajstić information content (AvgIpc) is 3.37. The predicted octanol–water partition coefficient (Wildman–Crippen LogP) is 6.14. The molecule has 1 N–H and O–H groups in total. The number of nitrogens with zero attached hydrogens (tertiary/aromatic N) is 4. The highest BCUT2D eigenvalue weighted by Crippen LogP contribution is 2.43. The van der Waals surface area contributed by atoms with Gasteiger partial charge < -0.3 is 10.1 Å². The number of ether oxygens (including phenoxy) is 1. The topological polar surface area (TPSA) is 56.9 Å². The molecule has 1 aromatic carbocycles. The molecule has 5 rings (SSSR count). The first kappa shape index (κ1) is 22.0. The highest BCUT2D eigenvalue weighted by atomic mass is 127. The normalized spacial score (nSPS) is 14.9. The highest BCUT2D eigenvalue weighted by molar-refractivity contribution is 14.2. The van der Waals surface area contributed by atoms with E-state index in [9.17, 15) is 4.39 Å². The highest BCUT2D eigenvalue weighted by Gasteiger charge is 2.23. The Morgan fingerprint density at radius 3 is 2.78 bits per heavy atom. The molecule has 0 spiro atoms. The van der Waals surface area contributed by atoms with E-state index >= 15 is 0 Å². The van der Waals surface area contributed by atoms with E-state index in [0.717, 1.165) is 53.7 Å². The molecule has 0 aliphatic carbocycles. The third kappa shape index (κ3) is 3.89. The molecular weight excluding hydrogens is 564 g/mol. The number of hydrogen-bond acceptors (Lipinski definition) is 5. The van der Waals surface area contributed by atoms with Gasteiger partial charge >= 0.3 is 0 Å². The van der Waals surface area contributed by atoms with Crippen LogP contribution in [0.1, 0.15) is 18.9 Å². The van der Waals surface area contributed by atoms with E-state index in [0.29, 0.717) is 22.6 Å². The molecule has 1 aliphatic heterocycles. The van der Waals surface area contributed by atoms with Crippen LogP contribution in [-0.4, -0.2) is 38.9 Å². The van der Waals surface area contributed by atoms with Gasteiger partial charge in [0.15, 0.2) is 5.65 Å². The number of methoxy groups -OCH3 is 1. The average molecular weight is 584 g/mol. The van der Waals surface area contributed by atoms with Gasteiger partial charge in [0, 0.05) is 59.2 Å². The molecule has 3 aromatic heterocycles. The van der Waals surface area contributed by atoms with E-state index in [1.54, 1.807) is 13.2 Å². The van der Waals surface area contributed by atoms with Crippen molar-refractivity contribution >= 4 is 53.0 Å². The van der Waals surface area contributed by atoms with Gasteiger partial charge in [-0.1, -0.05) is 23.7 Å². The third-order valence-electron chi connectivity index (χ3n) is 5.78. The van der Waals surface area contributed by atoms with Crippen LogP contribution >= 0.6 is 41.9 Å². The van der Waals surface area contributed by atoms with Crippen LogP contribution < -0.4 is 10.1 Å². The SMILES string of the molecule is COc1nn(C2CCNCC2)cc1-c1cnc2c(c1)c(-c1cccc(F)c1)c(Cl)n2SI. The van der Waals surface area contributed by atoms with E-state index in [1.165, 1.54) is 21.3 Å². The molecule has 10 heteroatoms. The summed E-state index contributed by atoms with van der Waals surface area (Å²) >= 11 is 8.90. The smallest absolute Gasteiger partial charge is 0.240 e. The van der Waals surface area contributed by atoms with Gasteiger partial charge in [-0.15, -0.1) is 5.10 Å². The third-order valence-corrected chi connectivity index (χ3v) is 7.91. The van der Waals surface area contributed by atoms with Crippen molar-refractivity contribution in [2.24, 2.45) is 0 Å². The molecule has 0 unspecified atom stereocenters. The summed E-state index contributed by atoms with van der Waals surface area (Å²) in [6.45, 7) is 1.96. The van der Waals surface area contributed by atoms with Crippen LogP contribution in [0.4, 0.5) is 4.39 Å². The van der Waals surface area contributed by atoms with Crippen molar-refractivity contribution < 1.29 is 9.13 Å². The maximum Gasteiger partial charge on any atom is 0.240 e. The minimum atomic E-state index is -0.310. The standard InChI is InChI=1S/C22H20ClFIN5OS/c1-31-22-18(12-29(28-22)16-5-7-26-8-6-16)14-10-17-19(13-3-2-4-15(24)9-13)20(23)30(32-25)21(17)27-11-14/h2-4,9-12,16,26H,5-8H2,1H3. The number of pyridine rings is 1. The zero-order chi connectivity index (χ0) is 22.2. The van der Waals surface area contributed by atoms with E-state index in [1.807, 2.05) is 33.2 Å². The molecule has 0 radical (unpaired) electrons. The summed E-state index contributed by atoms with van der Waals surface area (Å²) in [4.78, 5) is 4.71. The molecule has 1 saturated heterocycles. The molecule has 4 heterocycles. The number of fused-ring (bicyclic) bond motifs is 1. The summed E-state index contributed by atoms with van der Waals surface area (Å²) in [5.74, 6) is 0.251. The largest absolute Gasteiger partial charge is 0.479 e. The van der Waals surface area contributed by atoms with Gasteiger partial charge in [0.1, 0.15) is 11.0 Å². The maximum absolute atomic E-state index is 14.0. The molecule has 0 saturated carbocycles. The molecule has 0 atom stereocenters. The van der Waals surface area contributed by atoms with Crippen molar-refractivity contribution in [2.75, 3.05) is 20.2 Å².